The van der Waals surface area contributed by atoms with Crippen molar-refractivity contribution in [1.29, 1.82) is 0 Å². The second kappa shape index (κ2) is 5.37. The number of nitrogens with zero attached hydrogens (tertiary/aromatic N) is 2. The van der Waals surface area contributed by atoms with Crippen LogP contribution in [0.4, 0.5) is 10.8 Å². The predicted octanol–water partition coefficient (Wildman–Crippen LogP) is 3.99. The average molecular weight is 329 g/mol. The average Bonchev–Trinajstić information content (AvgIpc) is 3.20. The molecule has 0 bridgehead atoms. The number of anilines is 2. The van der Waals surface area contributed by atoms with Crippen molar-refractivity contribution in [2.24, 2.45) is 0 Å². The van der Waals surface area contributed by atoms with Crippen molar-refractivity contribution in [3.63, 3.8) is 0 Å². The minimum absolute atomic E-state index is 0.0966. The van der Waals surface area contributed by atoms with Crippen LogP contribution in [-0.2, 0) is 6.42 Å². The van der Waals surface area contributed by atoms with Crippen molar-refractivity contribution in [3.8, 4) is 0 Å². The molecule has 1 aliphatic heterocycles. The molecule has 0 atom stereocenters. The Hall–Kier alpha value is -1.92. The van der Waals surface area contributed by atoms with E-state index in [1.165, 1.54) is 21.6 Å². The number of fused-ring (bicyclic) bond motifs is 2. The Balaban J connectivity index is 1.81. The second-order valence-corrected chi connectivity index (χ2v) is 7.23. The van der Waals surface area contributed by atoms with E-state index in [4.69, 9.17) is 0 Å². The Bertz CT molecular complexity index is 839. The fourth-order valence-corrected chi connectivity index (χ4v) is 4.39. The summed E-state index contributed by atoms with van der Waals surface area (Å²) in [4.78, 5) is 20.0. The molecule has 1 aliphatic rings. The molecule has 4 nitrogen and oxygen atoms in total. The van der Waals surface area contributed by atoms with Crippen LogP contribution in [0.25, 0.3) is 10.2 Å². The summed E-state index contributed by atoms with van der Waals surface area (Å²) in [6.45, 7) is 0.776. The Morgan fingerprint density at radius 2 is 2.32 bits per heavy atom. The first-order valence-electron chi connectivity index (χ1n) is 7.23. The smallest absolute Gasteiger partial charge is 0.268 e. The van der Waals surface area contributed by atoms with Crippen LogP contribution >= 0.6 is 22.7 Å². The number of thiophene rings is 1. The van der Waals surface area contributed by atoms with E-state index in [0.29, 0.717) is 0 Å². The molecule has 0 saturated carbocycles. The summed E-state index contributed by atoms with van der Waals surface area (Å²) in [6, 6.07) is 8.07. The molecule has 1 aromatic carbocycles. The SMILES string of the molecule is CNc1nc2cc3c(cc2s1)CCCN3C(=O)c1cccs1. The van der Waals surface area contributed by atoms with Gasteiger partial charge in [-0.2, -0.15) is 0 Å². The van der Waals surface area contributed by atoms with Gasteiger partial charge in [-0.05, 0) is 42.0 Å². The molecule has 0 fully saturated rings. The largest absolute Gasteiger partial charge is 0.365 e. The number of nitrogens with one attached hydrogen (secondary N) is 1. The van der Waals surface area contributed by atoms with E-state index in [1.54, 1.807) is 11.3 Å². The highest BCUT2D eigenvalue weighted by Crippen LogP contribution is 2.36. The molecule has 0 saturated heterocycles. The summed E-state index contributed by atoms with van der Waals surface area (Å²) >= 11 is 3.15. The monoisotopic (exact) mass is 329 g/mol. The molecular formula is C16H15N3OS2. The molecule has 3 aromatic rings. The van der Waals surface area contributed by atoms with Gasteiger partial charge in [-0.15, -0.1) is 11.3 Å². The van der Waals surface area contributed by atoms with Gasteiger partial charge in [0.2, 0.25) is 0 Å². The molecule has 0 unspecified atom stereocenters. The van der Waals surface area contributed by atoms with E-state index >= 15 is 0 Å². The van der Waals surface area contributed by atoms with Crippen LogP contribution in [0.3, 0.4) is 0 Å². The number of amides is 1. The number of thiazole rings is 1. The summed E-state index contributed by atoms with van der Waals surface area (Å²) < 4.78 is 1.17. The third-order valence-electron chi connectivity index (χ3n) is 3.90. The third kappa shape index (κ3) is 2.19. The maximum atomic E-state index is 12.7. The highest BCUT2D eigenvalue weighted by atomic mass is 32.1. The summed E-state index contributed by atoms with van der Waals surface area (Å²) in [5, 5.41) is 5.95. The molecule has 112 valence electrons. The van der Waals surface area contributed by atoms with Crippen molar-refractivity contribution in [2.45, 2.75) is 12.8 Å². The van der Waals surface area contributed by atoms with E-state index < -0.39 is 0 Å². The minimum Gasteiger partial charge on any atom is -0.365 e. The summed E-state index contributed by atoms with van der Waals surface area (Å²) in [5.74, 6) is 0.0966. The van der Waals surface area contributed by atoms with Gasteiger partial charge in [0.25, 0.3) is 5.91 Å². The van der Waals surface area contributed by atoms with Crippen molar-refractivity contribution in [1.82, 2.24) is 4.98 Å². The number of aryl methyl sites for hydroxylation is 1. The number of carbonyl (C=O) groups is 1. The van der Waals surface area contributed by atoms with Gasteiger partial charge in [-0.25, -0.2) is 4.98 Å². The lowest BCUT2D eigenvalue weighted by Crippen LogP contribution is -2.35. The quantitative estimate of drug-likeness (QED) is 0.773. The summed E-state index contributed by atoms with van der Waals surface area (Å²) in [5.41, 5.74) is 3.22. The van der Waals surface area contributed by atoms with Crippen LogP contribution in [0.1, 0.15) is 21.7 Å². The van der Waals surface area contributed by atoms with E-state index in [9.17, 15) is 4.79 Å². The number of hydrogen-bond acceptors (Lipinski definition) is 5. The van der Waals surface area contributed by atoms with Gasteiger partial charge in [0.05, 0.1) is 15.1 Å². The number of aromatic nitrogens is 1. The maximum absolute atomic E-state index is 12.7. The maximum Gasteiger partial charge on any atom is 0.268 e. The molecular weight excluding hydrogens is 314 g/mol. The lowest BCUT2D eigenvalue weighted by Gasteiger charge is -2.29. The van der Waals surface area contributed by atoms with Crippen LogP contribution < -0.4 is 10.2 Å². The number of benzene rings is 1. The normalized spacial score (nSPS) is 14.1. The van der Waals surface area contributed by atoms with Crippen LogP contribution in [0.15, 0.2) is 29.6 Å². The first-order valence-corrected chi connectivity index (χ1v) is 8.92. The number of rotatable bonds is 2. The molecule has 1 amide bonds. The summed E-state index contributed by atoms with van der Waals surface area (Å²) in [6.07, 6.45) is 2.03. The Labute approximate surface area is 136 Å². The number of hydrogen-bond donors (Lipinski definition) is 1. The molecule has 6 heteroatoms. The van der Waals surface area contributed by atoms with Gasteiger partial charge in [0, 0.05) is 19.3 Å². The fraction of sp³-hybridized carbons (Fsp3) is 0.250. The van der Waals surface area contributed by atoms with Gasteiger partial charge in [-0.3, -0.25) is 4.79 Å². The summed E-state index contributed by atoms with van der Waals surface area (Å²) in [7, 11) is 1.88. The van der Waals surface area contributed by atoms with E-state index in [2.05, 4.69) is 22.4 Å². The van der Waals surface area contributed by atoms with Crippen molar-refractivity contribution >= 4 is 49.6 Å². The van der Waals surface area contributed by atoms with Crippen LogP contribution in [0.2, 0.25) is 0 Å². The Morgan fingerprint density at radius 1 is 1.41 bits per heavy atom. The first-order chi connectivity index (χ1) is 10.8. The molecule has 22 heavy (non-hydrogen) atoms. The van der Waals surface area contributed by atoms with Gasteiger partial charge in [-0.1, -0.05) is 17.4 Å². The topological polar surface area (TPSA) is 45.2 Å². The minimum atomic E-state index is 0.0966. The molecule has 0 aliphatic carbocycles. The molecule has 0 radical (unpaired) electrons. The predicted molar refractivity (Wildman–Crippen MR) is 93.5 cm³/mol. The standard InChI is InChI=1S/C16H15N3OS2/c1-17-16-18-11-9-12-10(8-14(11)22-16)4-2-6-19(12)15(20)13-5-3-7-21-13/h3,5,7-9H,2,4,6H2,1H3,(H,17,18). The number of carbonyl (C=O) groups excluding carboxylic acids is 1. The zero-order valence-electron chi connectivity index (χ0n) is 12.1. The Morgan fingerprint density at radius 3 is 3.09 bits per heavy atom. The van der Waals surface area contributed by atoms with Crippen molar-refractivity contribution in [2.75, 3.05) is 23.8 Å². The molecule has 3 heterocycles. The van der Waals surface area contributed by atoms with Gasteiger partial charge in [0.15, 0.2) is 5.13 Å². The van der Waals surface area contributed by atoms with Crippen molar-refractivity contribution in [3.05, 3.63) is 40.1 Å². The zero-order chi connectivity index (χ0) is 15.1. The van der Waals surface area contributed by atoms with Gasteiger partial charge < -0.3 is 10.2 Å². The lowest BCUT2D eigenvalue weighted by molar-refractivity contribution is 0.0989. The molecule has 1 N–H and O–H groups in total. The molecule has 0 spiro atoms. The highest BCUT2D eigenvalue weighted by molar-refractivity contribution is 7.22. The first kappa shape index (κ1) is 13.7. The van der Waals surface area contributed by atoms with Crippen LogP contribution in [0, 0.1) is 0 Å². The van der Waals surface area contributed by atoms with Crippen LogP contribution in [-0.4, -0.2) is 24.5 Å². The third-order valence-corrected chi connectivity index (χ3v) is 5.79. The van der Waals surface area contributed by atoms with Crippen molar-refractivity contribution < 1.29 is 4.79 Å². The lowest BCUT2D eigenvalue weighted by atomic mass is 10.0. The Kier molecular flexibility index (Phi) is 3.35. The van der Waals surface area contributed by atoms with Gasteiger partial charge >= 0.3 is 0 Å². The fourth-order valence-electron chi connectivity index (χ4n) is 2.86. The van der Waals surface area contributed by atoms with Crippen LogP contribution in [0.5, 0.6) is 0 Å². The van der Waals surface area contributed by atoms with E-state index in [0.717, 1.165) is 40.6 Å². The van der Waals surface area contributed by atoms with E-state index in [-0.39, 0.29) is 5.91 Å². The molecule has 4 rings (SSSR count). The van der Waals surface area contributed by atoms with E-state index in [1.807, 2.05) is 29.5 Å². The molecule has 2 aromatic heterocycles. The second-order valence-electron chi connectivity index (χ2n) is 5.26. The van der Waals surface area contributed by atoms with Gasteiger partial charge in [0.1, 0.15) is 0 Å². The highest BCUT2D eigenvalue weighted by Gasteiger charge is 2.25. The zero-order valence-corrected chi connectivity index (χ0v) is 13.8.